The highest BCUT2D eigenvalue weighted by atomic mass is 16.7. The highest BCUT2D eigenvalue weighted by molar-refractivity contribution is 4.78. The standard InChI is InChI=1S/C13H24N6O2/c1-13(2,3)17(4)19(20)16-21-12-7-5-11(6-8-12)18-10-9-14-15-18/h9-12H,5-8H2,1-4H3/b19-16-. The summed E-state index contributed by atoms with van der Waals surface area (Å²) in [6.07, 6.45) is 7.20. The summed E-state index contributed by atoms with van der Waals surface area (Å²) in [4.78, 5) is 5.90. The zero-order valence-corrected chi connectivity index (χ0v) is 13.1. The number of hydrazine groups is 1. The van der Waals surface area contributed by atoms with Gasteiger partial charge in [0.2, 0.25) is 5.28 Å². The molecule has 1 aromatic heterocycles. The summed E-state index contributed by atoms with van der Waals surface area (Å²) in [5.41, 5.74) is -0.292. The maximum atomic E-state index is 11.8. The van der Waals surface area contributed by atoms with E-state index in [2.05, 4.69) is 15.6 Å². The normalized spacial score (nSPS) is 23.9. The summed E-state index contributed by atoms with van der Waals surface area (Å²) in [6.45, 7) is 5.82. The molecule has 0 atom stereocenters. The molecular formula is C13H24N6O2. The van der Waals surface area contributed by atoms with Gasteiger partial charge in [0.15, 0.2) is 0 Å². The lowest BCUT2D eigenvalue weighted by Crippen LogP contribution is -2.42. The molecule has 0 saturated heterocycles. The Morgan fingerprint density at radius 1 is 1.33 bits per heavy atom. The summed E-state index contributed by atoms with van der Waals surface area (Å²) < 4.78 is 1.89. The van der Waals surface area contributed by atoms with Crippen molar-refractivity contribution in [2.24, 2.45) is 5.28 Å². The van der Waals surface area contributed by atoms with Crippen molar-refractivity contribution in [3.8, 4) is 0 Å². The molecule has 0 amide bonds. The first-order valence-corrected chi connectivity index (χ1v) is 7.31. The van der Waals surface area contributed by atoms with Crippen LogP contribution < -0.4 is 0 Å². The minimum Gasteiger partial charge on any atom is -0.569 e. The van der Waals surface area contributed by atoms with Gasteiger partial charge in [-0.1, -0.05) is 5.21 Å². The molecule has 0 aliphatic heterocycles. The van der Waals surface area contributed by atoms with Gasteiger partial charge in [-0.2, -0.15) is 0 Å². The molecule has 1 aliphatic rings. The molecule has 1 fully saturated rings. The third kappa shape index (κ3) is 4.05. The second kappa shape index (κ2) is 6.28. The van der Waals surface area contributed by atoms with Crippen LogP contribution >= 0.6 is 0 Å². The van der Waals surface area contributed by atoms with E-state index in [1.807, 2.05) is 31.6 Å². The van der Waals surface area contributed by atoms with Gasteiger partial charge in [-0.3, -0.25) is 0 Å². The average Bonchev–Trinajstić information content (AvgIpc) is 2.97. The van der Waals surface area contributed by atoms with Crippen LogP contribution in [0.15, 0.2) is 17.7 Å². The Labute approximate surface area is 124 Å². The maximum absolute atomic E-state index is 11.8. The van der Waals surface area contributed by atoms with E-state index in [1.165, 1.54) is 5.01 Å². The fourth-order valence-corrected chi connectivity index (χ4v) is 2.25. The van der Waals surface area contributed by atoms with Gasteiger partial charge in [0.25, 0.3) is 0 Å². The molecular weight excluding hydrogens is 272 g/mol. The lowest BCUT2D eigenvalue weighted by atomic mass is 9.93. The summed E-state index contributed by atoms with van der Waals surface area (Å²) >= 11 is 0. The minimum absolute atomic E-state index is 0.00501. The van der Waals surface area contributed by atoms with Gasteiger partial charge in [-0.15, -0.1) is 10.1 Å². The van der Waals surface area contributed by atoms with Gasteiger partial charge in [0.05, 0.1) is 29.8 Å². The molecule has 8 heteroatoms. The van der Waals surface area contributed by atoms with E-state index in [-0.39, 0.29) is 11.6 Å². The molecule has 1 aromatic rings. The zero-order valence-electron chi connectivity index (χ0n) is 13.1. The minimum atomic E-state index is -0.292. The molecule has 0 spiro atoms. The second-order valence-electron chi connectivity index (χ2n) is 6.45. The van der Waals surface area contributed by atoms with Gasteiger partial charge in [0.1, 0.15) is 6.10 Å². The average molecular weight is 296 g/mol. The summed E-state index contributed by atoms with van der Waals surface area (Å²) in [5, 5.41) is 24.8. The first-order chi connectivity index (χ1) is 9.88. The molecule has 0 aromatic carbocycles. The second-order valence-corrected chi connectivity index (χ2v) is 6.45. The molecule has 8 nitrogen and oxygen atoms in total. The third-order valence-electron chi connectivity index (χ3n) is 3.95. The molecule has 1 aliphatic carbocycles. The molecule has 21 heavy (non-hydrogen) atoms. The third-order valence-corrected chi connectivity index (χ3v) is 3.95. The van der Waals surface area contributed by atoms with Crippen LogP contribution in [0.5, 0.6) is 0 Å². The molecule has 2 rings (SSSR count). The van der Waals surface area contributed by atoms with E-state index in [9.17, 15) is 5.21 Å². The molecule has 0 N–H and O–H groups in total. The van der Waals surface area contributed by atoms with Crippen LogP contribution in [0.25, 0.3) is 0 Å². The Hall–Kier alpha value is -1.86. The van der Waals surface area contributed by atoms with Crippen molar-refractivity contribution in [3.63, 3.8) is 0 Å². The van der Waals surface area contributed by atoms with Gasteiger partial charge in [-0.25, -0.2) is 4.68 Å². The highest BCUT2D eigenvalue weighted by Crippen LogP contribution is 2.29. The first-order valence-electron chi connectivity index (χ1n) is 7.31. The van der Waals surface area contributed by atoms with Crippen LogP contribution in [0.1, 0.15) is 52.5 Å². The lowest BCUT2D eigenvalue weighted by molar-refractivity contribution is -0.720. The number of nitrogens with zero attached hydrogens (tertiary/aromatic N) is 6. The highest BCUT2D eigenvalue weighted by Gasteiger charge is 2.27. The summed E-state index contributed by atoms with van der Waals surface area (Å²) in [5.74, 6) is 0. The topological polar surface area (TPSA) is 81.6 Å². The Kier molecular flexibility index (Phi) is 4.64. The predicted molar refractivity (Wildman–Crippen MR) is 76.0 cm³/mol. The van der Waals surface area contributed by atoms with Gasteiger partial charge >= 0.3 is 0 Å². The fraction of sp³-hybridized carbons (Fsp3) is 0.846. The van der Waals surface area contributed by atoms with E-state index < -0.39 is 0 Å². The predicted octanol–water partition coefficient (Wildman–Crippen LogP) is 2.30. The molecule has 0 bridgehead atoms. The van der Waals surface area contributed by atoms with Crippen LogP contribution in [0.4, 0.5) is 0 Å². The van der Waals surface area contributed by atoms with E-state index >= 15 is 0 Å². The Morgan fingerprint density at radius 2 is 2.00 bits per heavy atom. The zero-order chi connectivity index (χ0) is 15.5. The van der Waals surface area contributed by atoms with E-state index in [0.29, 0.717) is 11.0 Å². The van der Waals surface area contributed by atoms with Crippen molar-refractivity contribution in [2.75, 3.05) is 7.05 Å². The number of hydrogen-bond donors (Lipinski definition) is 0. The van der Waals surface area contributed by atoms with Crippen LogP contribution in [0.3, 0.4) is 0 Å². The van der Waals surface area contributed by atoms with E-state index in [1.54, 1.807) is 13.2 Å². The van der Waals surface area contributed by atoms with Gasteiger partial charge in [0, 0.05) is 6.20 Å². The summed E-state index contributed by atoms with van der Waals surface area (Å²) in [7, 11) is 1.70. The molecule has 0 unspecified atom stereocenters. The molecule has 1 saturated carbocycles. The number of hydrogen-bond acceptors (Lipinski definition) is 5. The van der Waals surface area contributed by atoms with Gasteiger partial charge in [-0.05, 0) is 46.5 Å². The fourth-order valence-electron chi connectivity index (χ4n) is 2.25. The monoisotopic (exact) mass is 296 g/mol. The Balaban J connectivity index is 1.81. The number of aromatic nitrogens is 3. The van der Waals surface area contributed by atoms with E-state index in [0.717, 1.165) is 25.7 Å². The lowest BCUT2D eigenvalue weighted by Gasteiger charge is -2.28. The van der Waals surface area contributed by atoms with Crippen molar-refractivity contribution in [3.05, 3.63) is 17.6 Å². The van der Waals surface area contributed by atoms with Crippen molar-refractivity contribution < 1.29 is 9.81 Å². The van der Waals surface area contributed by atoms with Crippen LogP contribution in [-0.2, 0) is 4.84 Å². The van der Waals surface area contributed by atoms with Crippen molar-refractivity contribution >= 4 is 0 Å². The van der Waals surface area contributed by atoms with Crippen LogP contribution in [0, 0.1) is 5.21 Å². The van der Waals surface area contributed by atoms with Crippen molar-refractivity contribution in [1.29, 1.82) is 0 Å². The Bertz CT molecular complexity index is 460. The maximum Gasteiger partial charge on any atom is 0.233 e. The summed E-state index contributed by atoms with van der Waals surface area (Å²) in [6, 6.07) is 0.368. The van der Waals surface area contributed by atoms with Crippen molar-refractivity contribution in [1.82, 2.24) is 20.0 Å². The van der Waals surface area contributed by atoms with Crippen LogP contribution in [-0.4, -0.2) is 43.7 Å². The quantitative estimate of drug-likeness (QED) is 0.484. The van der Waals surface area contributed by atoms with Gasteiger partial charge < -0.3 is 10.0 Å². The Morgan fingerprint density at radius 3 is 2.52 bits per heavy atom. The van der Waals surface area contributed by atoms with Crippen LogP contribution in [0.2, 0.25) is 0 Å². The SMILES string of the molecule is CN(/[N+]([O-])=N/OC1CCC(n2ccnn2)CC1)C(C)(C)C. The van der Waals surface area contributed by atoms with E-state index in [4.69, 9.17) is 4.84 Å². The molecule has 0 radical (unpaired) electrons. The number of rotatable bonds is 4. The molecule has 118 valence electrons. The van der Waals surface area contributed by atoms with Crippen molar-refractivity contribution in [2.45, 2.75) is 64.1 Å². The largest absolute Gasteiger partial charge is 0.569 e. The molecule has 1 heterocycles. The smallest absolute Gasteiger partial charge is 0.233 e. The first kappa shape index (κ1) is 15.5.